The lowest BCUT2D eigenvalue weighted by Crippen LogP contribution is -2.01. The van der Waals surface area contributed by atoms with Gasteiger partial charge in [0.25, 0.3) is 0 Å². The van der Waals surface area contributed by atoms with E-state index in [1.807, 2.05) is 18.3 Å². The molecule has 1 heterocycles. The minimum absolute atomic E-state index is 0.0783. The van der Waals surface area contributed by atoms with Crippen LogP contribution in [0.25, 0.3) is 10.9 Å². The van der Waals surface area contributed by atoms with Crippen molar-refractivity contribution in [2.24, 2.45) is 0 Å². The van der Waals surface area contributed by atoms with Gasteiger partial charge < -0.3 is 10.1 Å². The Balaban J connectivity index is 2.58. The molecule has 2 aromatic rings. The van der Waals surface area contributed by atoms with Crippen molar-refractivity contribution in [2.45, 2.75) is 26.2 Å². The molecule has 0 aliphatic heterocycles. The van der Waals surface area contributed by atoms with Gasteiger partial charge in [0.1, 0.15) is 0 Å². The molecule has 1 aromatic heterocycles. The van der Waals surface area contributed by atoms with E-state index in [9.17, 15) is 4.79 Å². The fraction of sp³-hybridized carbons (Fsp3) is 0.308. The summed E-state index contributed by atoms with van der Waals surface area (Å²) < 4.78 is 0. The molecule has 0 amide bonds. The fourth-order valence-corrected chi connectivity index (χ4v) is 1.91. The third-order valence-electron chi connectivity index (χ3n) is 2.79. The van der Waals surface area contributed by atoms with Gasteiger partial charge in [0.15, 0.2) is 0 Å². The summed E-state index contributed by atoms with van der Waals surface area (Å²) in [5.74, 6) is -0.386. The summed E-state index contributed by atoms with van der Waals surface area (Å²) in [4.78, 5) is 13.9. The number of fused-ring (bicyclic) bond motifs is 1. The lowest BCUT2D eigenvalue weighted by atomic mass is 9.97. The molecule has 3 nitrogen and oxygen atoms in total. The van der Waals surface area contributed by atoms with Crippen LogP contribution in [0.15, 0.2) is 24.4 Å². The molecule has 0 fully saturated rings. The molecule has 0 saturated carbocycles. The predicted octanol–water partition coefficient (Wildman–Crippen LogP) is 2.92. The summed E-state index contributed by atoms with van der Waals surface area (Å²) >= 11 is 0. The highest BCUT2D eigenvalue weighted by Gasteiger charge is 2.10. The van der Waals surface area contributed by atoms with E-state index in [0.29, 0.717) is 5.92 Å². The first-order valence-electron chi connectivity index (χ1n) is 5.39. The van der Waals surface area contributed by atoms with Crippen LogP contribution in [0.2, 0.25) is 0 Å². The summed E-state index contributed by atoms with van der Waals surface area (Å²) in [7, 11) is 0. The maximum atomic E-state index is 10.8. The molecule has 0 radical (unpaired) electrons. The number of carboxylic acids is 1. The number of hydrogen-bond acceptors (Lipinski definition) is 1. The highest BCUT2D eigenvalue weighted by atomic mass is 16.4. The lowest BCUT2D eigenvalue weighted by Gasteiger charge is -2.09. The monoisotopic (exact) mass is 217 g/mol. The van der Waals surface area contributed by atoms with Crippen LogP contribution in [-0.4, -0.2) is 16.1 Å². The molecule has 0 atom stereocenters. The van der Waals surface area contributed by atoms with Gasteiger partial charge in [-0.05, 0) is 29.2 Å². The predicted molar refractivity (Wildman–Crippen MR) is 63.7 cm³/mol. The van der Waals surface area contributed by atoms with Gasteiger partial charge in [-0.3, -0.25) is 4.79 Å². The SMILES string of the molecule is CC(C)c1cc(CC(=O)O)c2cc[nH]c2c1. The van der Waals surface area contributed by atoms with Crippen LogP contribution in [-0.2, 0) is 11.2 Å². The Hall–Kier alpha value is -1.77. The molecule has 16 heavy (non-hydrogen) atoms. The maximum absolute atomic E-state index is 10.8. The average Bonchev–Trinajstić information content (AvgIpc) is 2.64. The number of aromatic nitrogens is 1. The van der Waals surface area contributed by atoms with Crippen LogP contribution in [0.3, 0.4) is 0 Å². The fourth-order valence-electron chi connectivity index (χ4n) is 1.91. The van der Waals surface area contributed by atoms with Crippen molar-refractivity contribution in [1.82, 2.24) is 4.98 Å². The largest absolute Gasteiger partial charge is 0.481 e. The second kappa shape index (κ2) is 4.00. The van der Waals surface area contributed by atoms with E-state index in [4.69, 9.17) is 5.11 Å². The van der Waals surface area contributed by atoms with Gasteiger partial charge in [-0.25, -0.2) is 0 Å². The van der Waals surface area contributed by atoms with Crippen molar-refractivity contribution in [3.63, 3.8) is 0 Å². The summed E-state index contributed by atoms with van der Waals surface area (Å²) in [6.45, 7) is 4.21. The molecule has 0 aliphatic rings. The number of benzene rings is 1. The maximum Gasteiger partial charge on any atom is 0.307 e. The van der Waals surface area contributed by atoms with Crippen LogP contribution >= 0.6 is 0 Å². The van der Waals surface area contributed by atoms with Gasteiger partial charge in [0.05, 0.1) is 6.42 Å². The van der Waals surface area contributed by atoms with Gasteiger partial charge in [0.2, 0.25) is 0 Å². The normalized spacial score (nSPS) is 11.2. The molecular formula is C13H15NO2. The van der Waals surface area contributed by atoms with Gasteiger partial charge in [0, 0.05) is 17.1 Å². The molecule has 0 aliphatic carbocycles. The third-order valence-corrected chi connectivity index (χ3v) is 2.79. The second-order valence-corrected chi connectivity index (χ2v) is 4.34. The van der Waals surface area contributed by atoms with Crippen LogP contribution in [0, 0.1) is 0 Å². The van der Waals surface area contributed by atoms with Crippen molar-refractivity contribution in [3.05, 3.63) is 35.5 Å². The molecule has 0 spiro atoms. The van der Waals surface area contributed by atoms with Gasteiger partial charge in [-0.2, -0.15) is 0 Å². The Kier molecular flexibility index (Phi) is 2.69. The first-order chi connectivity index (χ1) is 7.58. The first kappa shape index (κ1) is 10.7. The molecule has 2 N–H and O–H groups in total. The number of nitrogens with one attached hydrogen (secondary N) is 1. The number of carbonyl (C=O) groups is 1. The first-order valence-corrected chi connectivity index (χ1v) is 5.39. The van der Waals surface area contributed by atoms with Gasteiger partial charge in [-0.1, -0.05) is 19.9 Å². The van der Waals surface area contributed by atoms with Crippen molar-refractivity contribution >= 4 is 16.9 Å². The Bertz CT molecular complexity index is 526. The quantitative estimate of drug-likeness (QED) is 0.830. The summed E-state index contributed by atoms with van der Waals surface area (Å²) in [5.41, 5.74) is 3.07. The number of aliphatic carboxylic acids is 1. The zero-order chi connectivity index (χ0) is 11.7. The topological polar surface area (TPSA) is 53.1 Å². The zero-order valence-corrected chi connectivity index (χ0v) is 9.45. The van der Waals surface area contributed by atoms with Crippen molar-refractivity contribution in [2.75, 3.05) is 0 Å². The third kappa shape index (κ3) is 1.94. The number of H-pyrrole nitrogens is 1. The highest BCUT2D eigenvalue weighted by Crippen LogP contribution is 2.25. The van der Waals surface area contributed by atoms with E-state index in [-0.39, 0.29) is 6.42 Å². The second-order valence-electron chi connectivity index (χ2n) is 4.34. The van der Waals surface area contributed by atoms with E-state index in [1.54, 1.807) is 0 Å². The van der Waals surface area contributed by atoms with Crippen LogP contribution in [0.4, 0.5) is 0 Å². The van der Waals surface area contributed by atoms with Crippen LogP contribution < -0.4 is 0 Å². The summed E-state index contributed by atoms with van der Waals surface area (Å²) in [6, 6.07) is 6.01. The summed E-state index contributed by atoms with van der Waals surface area (Å²) in [6.07, 6.45) is 1.93. The molecule has 1 aromatic carbocycles. The van der Waals surface area contributed by atoms with E-state index in [2.05, 4.69) is 24.9 Å². The number of rotatable bonds is 3. The number of carboxylic acid groups (broad SMARTS) is 1. The standard InChI is InChI=1S/C13H15NO2/c1-8(2)9-5-10(7-13(15)16)11-3-4-14-12(11)6-9/h3-6,8,14H,7H2,1-2H3,(H,15,16). The minimum Gasteiger partial charge on any atom is -0.481 e. The minimum atomic E-state index is -0.789. The van der Waals surface area contributed by atoms with Gasteiger partial charge in [-0.15, -0.1) is 0 Å². The molecule has 0 saturated heterocycles. The van der Waals surface area contributed by atoms with Crippen LogP contribution in [0.5, 0.6) is 0 Å². The number of hydrogen-bond donors (Lipinski definition) is 2. The van der Waals surface area contributed by atoms with Crippen molar-refractivity contribution in [1.29, 1.82) is 0 Å². The van der Waals surface area contributed by atoms with Crippen molar-refractivity contribution in [3.8, 4) is 0 Å². The molecule has 0 unspecified atom stereocenters. The molecular weight excluding hydrogens is 202 g/mol. The van der Waals surface area contributed by atoms with Gasteiger partial charge >= 0.3 is 5.97 Å². The van der Waals surface area contributed by atoms with Crippen molar-refractivity contribution < 1.29 is 9.90 Å². The molecule has 84 valence electrons. The summed E-state index contributed by atoms with van der Waals surface area (Å²) in [5, 5.41) is 9.89. The zero-order valence-electron chi connectivity index (χ0n) is 9.45. The number of aromatic amines is 1. The molecule has 3 heteroatoms. The Morgan fingerprint density at radius 3 is 2.81 bits per heavy atom. The Labute approximate surface area is 94.1 Å². The van der Waals surface area contributed by atoms with Crippen LogP contribution in [0.1, 0.15) is 30.9 Å². The Morgan fingerprint density at radius 2 is 2.19 bits per heavy atom. The highest BCUT2D eigenvalue weighted by molar-refractivity contribution is 5.87. The molecule has 2 rings (SSSR count). The van der Waals surface area contributed by atoms with E-state index < -0.39 is 5.97 Å². The average molecular weight is 217 g/mol. The van der Waals surface area contributed by atoms with E-state index in [0.717, 1.165) is 16.5 Å². The van der Waals surface area contributed by atoms with E-state index >= 15 is 0 Å². The van der Waals surface area contributed by atoms with E-state index in [1.165, 1.54) is 5.56 Å². The Morgan fingerprint density at radius 1 is 1.44 bits per heavy atom. The smallest absolute Gasteiger partial charge is 0.307 e. The molecule has 0 bridgehead atoms. The lowest BCUT2D eigenvalue weighted by molar-refractivity contribution is -0.136.